The smallest absolute Gasteiger partial charge is 0.0613 e. The Morgan fingerprint density at radius 2 is 1.93 bits per heavy atom. The standard InChI is InChI=1S/C12H28N2O/c1-5-7-8-12(6-2,11-15)13-9-10-14(3)4/h13,15H,5-11H2,1-4H3. The summed E-state index contributed by atoms with van der Waals surface area (Å²) in [5.74, 6) is 0. The number of nitrogens with one attached hydrogen (secondary N) is 1. The Bertz CT molecular complexity index is 145. The van der Waals surface area contributed by atoms with E-state index in [2.05, 4.69) is 38.2 Å². The van der Waals surface area contributed by atoms with Crippen molar-refractivity contribution in [3.8, 4) is 0 Å². The van der Waals surface area contributed by atoms with E-state index in [1.807, 2.05) is 0 Å². The minimum absolute atomic E-state index is 0.0496. The third-order valence-electron chi connectivity index (χ3n) is 3.05. The van der Waals surface area contributed by atoms with Gasteiger partial charge in [0, 0.05) is 18.6 Å². The first-order chi connectivity index (χ1) is 7.10. The molecule has 3 heteroatoms. The van der Waals surface area contributed by atoms with E-state index in [-0.39, 0.29) is 12.1 Å². The highest BCUT2D eigenvalue weighted by Gasteiger charge is 2.25. The summed E-state index contributed by atoms with van der Waals surface area (Å²) in [5.41, 5.74) is -0.0496. The number of unbranched alkanes of at least 4 members (excludes halogenated alkanes) is 1. The normalized spacial score (nSPS) is 15.6. The van der Waals surface area contributed by atoms with Crippen LogP contribution in [-0.4, -0.2) is 49.3 Å². The fourth-order valence-electron chi connectivity index (χ4n) is 1.70. The van der Waals surface area contributed by atoms with Crippen LogP contribution in [0.1, 0.15) is 39.5 Å². The van der Waals surface area contributed by atoms with E-state index in [0.29, 0.717) is 0 Å². The van der Waals surface area contributed by atoms with Gasteiger partial charge < -0.3 is 15.3 Å². The molecule has 0 aliphatic carbocycles. The minimum atomic E-state index is -0.0496. The van der Waals surface area contributed by atoms with Crippen LogP contribution in [0.3, 0.4) is 0 Å². The molecule has 0 fully saturated rings. The van der Waals surface area contributed by atoms with Gasteiger partial charge >= 0.3 is 0 Å². The van der Waals surface area contributed by atoms with Crippen LogP contribution in [0.5, 0.6) is 0 Å². The molecule has 0 spiro atoms. The Kier molecular flexibility index (Phi) is 8.02. The molecule has 0 aromatic rings. The minimum Gasteiger partial charge on any atom is -0.394 e. The predicted octanol–water partition coefficient (Wildman–Crippen LogP) is 1.47. The molecule has 0 radical (unpaired) electrons. The first kappa shape index (κ1) is 14.9. The maximum Gasteiger partial charge on any atom is 0.0613 e. The number of hydrogen-bond acceptors (Lipinski definition) is 3. The zero-order valence-electron chi connectivity index (χ0n) is 10.8. The van der Waals surface area contributed by atoms with Crippen molar-refractivity contribution in [2.45, 2.75) is 45.1 Å². The molecule has 0 aromatic carbocycles. The molecule has 0 aromatic heterocycles. The second-order valence-electron chi connectivity index (χ2n) is 4.63. The summed E-state index contributed by atoms with van der Waals surface area (Å²) in [6, 6.07) is 0. The van der Waals surface area contributed by atoms with Crippen molar-refractivity contribution in [3.05, 3.63) is 0 Å². The lowest BCUT2D eigenvalue weighted by Crippen LogP contribution is -2.50. The number of likely N-dealkylation sites (N-methyl/N-ethyl adjacent to an activating group) is 1. The number of aliphatic hydroxyl groups excluding tert-OH is 1. The van der Waals surface area contributed by atoms with Gasteiger partial charge in [0.2, 0.25) is 0 Å². The van der Waals surface area contributed by atoms with Crippen LogP contribution in [0.25, 0.3) is 0 Å². The summed E-state index contributed by atoms with van der Waals surface area (Å²) in [7, 11) is 4.14. The van der Waals surface area contributed by atoms with Crippen LogP contribution in [0, 0.1) is 0 Å². The van der Waals surface area contributed by atoms with Crippen LogP contribution in [-0.2, 0) is 0 Å². The number of rotatable bonds is 9. The van der Waals surface area contributed by atoms with Gasteiger partial charge in [-0.15, -0.1) is 0 Å². The first-order valence-electron chi connectivity index (χ1n) is 6.11. The van der Waals surface area contributed by atoms with Crippen LogP contribution >= 0.6 is 0 Å². The van der Waals surface area contributed by atoms with Gasteiger partial charge in [-0.05, 0) is 26.9 Å². The first-order valence-corrected chi connectivity index (χ1v) is 6.11. The molecule has 1 unspecified atom stereocenters. The predicted molar refractivity (Wildman–Crippen MR) is 66.2 cm³/mol. The lowest BCUT2D eigenvalue weighted by atomic mass is 9.90. The third-order valence-corrected chi connectivity index (χ3v) is 3.05. The monoisotopic (exact) mass is 216 g/mol. The largest absolute Gasteiger partial charge is 0.394 e. The van der Waals surface area contributed by atoms with Gasteiger partial charge in [0.05, 0.1) is 6.61 Å². The maximum atomic E-state index is 9.49. The molecule has 0 saturated heterocycles. The van der Waals surface area contributed by atoms with E-state index in [1.54, 1.807) is 0 Å². The second-order valence-corrected chi connectivity index (χ2v) is 4.63. The molecule has 92 valence electrons. The summed E-state index contributed by atoms with van der Waals surface area (Å²) in [6.45, 7) is 6.56. The van der Waals surface area contributed by atoms with Crippen LogP contribution < -0.4 is 5.32 Å². The van der Waals surface area contributed by atoms with Gasteiger partial charge in [-0.1, -0.05) is 26.7 Å². The summed E-state index contributed by atoms with van der Waals surface area (Å²) >= 11 is 0. The van der Waals surface area contributed by atoms with Crippen molar-refractivity contribution < 1.29 is 5.11 Å². The fourth-order valence-corrected chi connectivity index (χ4v) is 1.70. The average Bonchev–Trinajstić information content (AvgIpc) is 2.23. The molecule has 0 saturated carbocycles. The zero-order chi connectivity index (χ0) is 11.7. The summed E-state index contributed by atoms with van der Waals surface area (Å²) < 4.78 is 0. The second kappa shape index (κ2) is 8.08. The number of aliphatic hydroxyl groups is 1. The Labute approximate surface area is 94.9 Å². The van der Waals surface area contributed by atoms with Crippen molar-refractivity contribution in [2.24, 2.45) is 0 Å². The van der Waals surface area contributed by atoms with Crippen LogP contribution in [0.4, 0.5) is 0 Å². The topological polar surface area (TPSA) is 35.5 Å². The fraction of sp³-hybridized carbons (Fsp3) is 1.00. The Morgan fingerprint density at radius 3 is 2.33 bits per heavy atom. The van der Waals surface area contributed by atoms with Gasteiger partial charge in [-0.3, -0.25) is 0 Å². The molecular formula is C12H28N2O. The van der Waals surface area contributed by atoms with Crippen molar-refractivity contribution in [1.82, 2.24) is 10.2 Å². The molecule has 0 rings (SSSR count). The van der Waals surface area contributed by atoms with Gasteiger partial charge in [0.1, 0.15) is 0 Å². The molecule has 0 heterocycles. The SMILES string of the molecule is CCCCC(CC)(CO)NCCN(C)C. The van der Waals surface area contributed by atoms with Crippen molar-refractivity contribution in [2.75, 3.05) is 33.8 Å². The molecule has 0 bridgehead atoms. The summed E-state index contributed by atoms with van der Waals surface area (Å²) in [6.07, 6.45) is 4.45. The molecule has 2 N–H and O–H groups in total. The van der Waals surface area contributed by atoms with Crippen molar-refractivity contribution in [3.63, 3.8) is 0 Å². The lowest BCUT2D eigenvalue weighted by Gasteiger charge is -2.32. The Balaban J connectivity index is 3.99. The van der Waals surface area contributed by atoms with Gasteiger partial charge in [0.15, 0.2) is 0 Å². The van der Waals surface area contributed by atoms with E-state index >= 15 is 0 Å². The molecule has 1 atom stereocenters. The molecule has 0 amide bonds. The van der Waals surface area contributed by atoms with Crippen LogP contribution in [0.15, 0.2) is 0 Å². The molecular weight excluding hydrogens is 188 g/mol. The quantitative estimate of drug-likeness (QED) is 0.612. The van der Waals surface area contributed by atoms with Crippen molar-refractivity contribution in [1.29, 1.82) is 0 Å². The van der Waals surface area contributed by atoms with E-state index in [1.165, 1.54) is 12.8 Å². The average molecular weight is 216 g/mol. The van der Waals surface area contributed by atoms with Gasteiger partial charge in [-0.25, -0.2) is 0 Å². The zero-order valence-corrected chi connectivity index (χ0v) is 10.8. The van der Waals surface area contributed by atoms with Crippen molar-refractivity contribution >= 4 is 0 Å². The van der Waals surface area contributed by atoms with Crippen LogP contribution in [0.2, 0.25) is 0 Å². The lowest BCUT2D eigenvalue weighted by molar-refractivity contribution is 0.141. The molecule has 0 aliphatic heterocycles. The van der Waals surface area contributed by atoms with E-state index < -0.39 is 0 Å². The van der Waals surface area contributed by atoms with E-state index in [9.17, 15) is 5.11 Å². The van der Waals surface area contributed by atoms with E-state index in [0.717, 1.165) is 25.9 Å². The van der Waals surface area contributed by atoms with Gasteiger partial charge in [0.25, 0.3) is 0 Å². The Hall–Kier alpha value is -0.120. The molecule has 15 heavy (non-hydrogen) atoms. The highest BCUT2D eigenvalue weighted by Crippen LogP contribution is 2.17. The Morgan fingerprint density at radius 1 is 1.27 bits per heavy atom. The van der Waals surface area contributed by atoms with Gasteiger partial charge in [-0.2, -0.15) is 0 Å². The maximum absolute atomic E-state index is 9.49. The number of nitrogens with zero attached hydrogens (tertiary/aromatic N) is 1. The summed E-state index contributed by atoms with van der Waals surface area (Å²) in [5, 5.41) is 13.0. The third kappa shape index (κ3) is 6.13. The summed E-state index contributed by atoms with van der Waals surface area (Å²) in [4.78, 5) is 2.16. The molecule has 3 nitrogen and oxygen atoms in total. The highest BCUT2D eigenvalue weighted by atomic mass is 16.3. The number of hydrogen-bond donors (Lipinski definition) is 2. The molecule has 0 aliphatic rings. The highest BCUT2D eigenvalue weighted by molar-refractivity contribution is 4.86. The van der Waals surface area contributed by atoms with E-state index in [4.69, 9.17) is 0 Å².